The highest BCUT2D eigenvalue weighted by molar-refractivity contribution is 4.77. The van der Waals surface area contributed by atoms with Gasteiger partial charge in [-0.15, -0.1) is 0 Å². The maximum absolute atomic E-state index is 6.05. The predicted molar refractivity (Wildman–Crippen MR) is 57.7 cm³/mol. The van der Waals surface area contributed by atoms with E-state index in [-0.39, 0.29) is 5.41 Å². The molecule has 0 aliphatic rings. The van der Waals surface area contributed by atoms with Crippen molar-refractivity contribution in [1.82, 2.24) is 0 Å². The maximum Gasteiger partial charge on any atom is 0.0487 e. The highest BCUT2D eigenvalue weighted by atomic mass is 16.5. The molecule has 0 aliphatic carbocycles. The molecule has 0 radical (unpaired) electrons. The first-order chi connectivity index (χ1) is 5.88. The minimum absolute atomic E-state index is 0.229. The van der Waals surface area contributed by atoms with E-state index in [9.17, 15) is 0 Å². The molecule has 0 aromatic carbocycles. The topological polar surface area (TPSA) is 35.2 Å². The Morgan fingerprint density at radius 1 is 1.23 bits per heavy atom. The number of nitrogens with two attached hydrogens (primary N) is 1. The number of methoxy groups -OCH3 is 1. The van der Waals surface area contributed by atoms with E-state index in [1.807, 2.05) is 0 Å². The third-order valence-electron chi connectivity index (χ3n) is 2.53. The van der Waals surface area contributed by atoms with E-state index in [4.69, 9.17) is 10.5 Å². The van der Waals surface area contributed by atoms with Crippen LogP contribution in [0.4, 0.5) is 0 Å². The smallest absolute Gasteiger partial charge is 0.0487 e. The second-order valence-electron chi connectivity index (χ2n) is 5.11. The number of rotatable bonds is 5. The first-order valence-corrected chi connectivity index (χ1v) is 5.12. The third-order valence-corrected chi connectivity index (χ3v) is 2.53. The Kier molecular flexibility index (Phi) is 5.57. The van der Waals surface area contributed by atoms with E-state index in [2.05, 4.69) is 27.7 Å². The lowest BCUT2D eigenvalue weighted by atomic mass is 9.83. The van der Waals surface area contributed by atoms with Gasteiger partial charge in [0.15, 0.2) is 0 Å². The zero-order chi connectivity index (χ0) is 10.5. The standard InChI is InChI=1S/C11H25NO/c1-9(8-13-5)6-7-10(12)11(2,3)4/h9-10H,6-8,12H2,1-5H3. The molecule has 0 spiro atoms. The van der Waals surface area contributed by atoms with Crippen molar-refractivity contribution in [1.29, 1.82) is 0 Å². The van der Waals surface area contributed by atoms with E-state index in [1.54, 1.807) is 7.11 Å². The van der Waals surface area contributed by atoms with Crippen LogP contribution in [0.2, 0.25) is 0 Å². The van der Waals surface area contributed by atoms with Crippen LogP contribution >= 0.6 is 0 Å². The fourth-order valence-electron chi connectivity index (χ4n) is 1.26. The first-order valence-electron chi connectivity index (χ1n) is 5.12. The lowest BCUT2D eigenvalue weighted by Gasteiger charge is -2.27. The van der Waals surface area contributed by atoms with Gasteiger partial charge in [0.1, 0.15) is 0 Å². The Morgan fingerprint density at radius 3 is 2.15 bits per heavy atom. The summed E-state index contributed by atoms with van der Waals surface area (Å²) in [5, 5.41) is 0. The molecule has 2 nitrogen and oxygen atoms in total. The van der Waals surface area contributed by atoms with E-state index in [1.165, 1.54) is 0 Å². The molecule has 0 saturated heterocycles. The van der Waals surface area contributed by atoms with Gasteiger partial charge in [-0.05, 0) is 24.2 Å². The van der Waals surface area contributed by atoms with Crippen LogP contribution in [0.1, 0.15) is 40.5 Å². The summed E-state index contributed by atoms with van der Waals surface area (Å²) in [5.74, 6) is 0.624. The van der Waals surface area contributed by atoms with Gasteiger partial charge in [0, 0.05) is 19.8 Å². The summed E-state index contributed by atoms with van der Waals surface area (Å²) in [6.45, 7) is 9.63. The lowest BCUT2D eigenvalue weighted by molar-refractivity contribution is 0.149. The molecule has 2 unspecified atom stereocenters. The molecule has 0 rings (SSSR count). The molecule has 80 valence electrons. The minimum Gasteiger partial charge on any atom is -0.384 e. The number of ether oxygens (including phenoxy) is 1. The summed E-state index contributed by atoms with van der Waals surface area (Å²) in [6, 6.07) is 0.298. The largest absolute Gasteiger partial charge is 0.384 e. The van der Waals surface area contributed by atoms with Crippen molar-refractivity contribution in [2.24, 2.45) is 17.1 Å². The van der Waals surface area contributed by atoms with Crippen molar-refractivity contribution < 1.29 is 4.74 Å². The molecule has 2 atom stereocenters. The monoisotopic (exact) mass is 187 g/mol. The van der Waals surface area contributed by atoms with Gasteiger partial charge in [-0.3, -0.25) is 0 Å². The number of hydrogen-bond acceptors (Lipinski definition) is 2. The molecule has 0 heterocycles. The SMILES string of the molecule is COCC(C)CCC(N)C(C)(C)C. The summed E-state index contributed by atoms with van der Waals surface area (Å²) < 4.78 is 5.08. The molecule has 0 fully saturated rings. The molecule has 0 amide bonds. The van der Waals surface area contributed by atoms with E-state index in [0.717, 1.165) is 19.4 Å². The normalized spacial score (nSPS) is 17.1. The van der Waals surface area contributed by atoms with Gasteiger partial charge in [-0.25, -0.2) is 0 Å². The Hall–Kier alpha value is -0.0800. The third kappa shape index (κ3) is 6.05. The van der Waals surface area contributed by atoms with E-state index in [0.29, 0.717) is 12.0 Å². The first kappa shape index (κ1) is 12.9. The molecule has 0 aromatic heterocycles. The van der Waals surface area contributed by atoms with Crippen LogP contribution in [-0.2, 0) is 4.74 Å². The van der Waals surface area contributed by atoms with Crippen molar-refractivity contribution in [3.63, 3.8) is 0 Å². The van der Waals surface area contributed by atoms with Crippen molar-refractivity contribution >= 4 is 0 Å². The van der Waals surface area contributed by atoms with Gasteiger partial charge in [0.05, 0.1) is 0 Å². The van der Waals surface area contributed by atoms with Crippen molar-refractivity contribution in [3.05, 3.63) is 0 Å². The van der Waals surface area contributed by atoms with Crippen molar-refractivity contribution in [3.8, 4) is 0 Å². The second-order valence-corrected chi connectivity index (χ2v) is 5.11. The van der Waals surface area contributed by atoms with Crippen LogP contribution in [-0.4, -0.2) is 19.8 Å². The maximum atomic E-state index is 6.05. The molecule has 2 heteroatoms. The predicted octanol–water partition coefficient (Wildman–Crippen LogP) is 2.42. The lowest BCUT2D eigenvalue weighted by Crippen LogP contribution is -2.35. The minimum atomic E-state index is 0.229. The summed E-state index contributed by atoms with van der Waals surface area (Å²) >= 11 is 0. The van der Waals surface area contributed by atoms with Crippen LogP contribution in [0.5, 0.6) is 0 Å². The van der Waals surface area contributed by atoms with Gasteiger partial charge >= 0.3 is 0 Å². The zero-order valence-electron chi connectivity index (χ0n) is 9.76. The van der Waals surface area contributed by atoms with Crippen LogP contribution in [0.25, 0.3) is 0 Å². The van der Waals surface area contributed by atoms with Crippen LogP contribution in [0.15, 0.2) is 0 Å². The molecule has 0 saturated carbocycles. The highest BCUT2D eigenvalue weighted by Crippen LogP contribution is 2.22. The summed E-state index contributed by atoms with van der Waals surface area (Å²) in [5.41, 5.74) is 6.28. The molecule has 0 aromatic rings. The fourth-order valence-corrected chi connectivity index (χ4v) is 1.26. The Balaban J connectivity index is 3.63. The Labute approximate surface area is 82.8 Å². The zero-order valence-corrected chi connectivity index (χ0v) is 9.76. The molecular formula is C11H25NO. The van der Waals surface area contributed by atoms with E-state index >= 15 is 0 Å². The van der Waals surface area contributed by atoms with Gasteiger partial charge in [-0.1, -0.05) is 27.7 Å². The van der Waals surface area contributed by atoms with Crippen LogP contribution in [0.3, 0.4) is 0 Å². The Bertz CT molecular complexity index is 129. The molecular weight excluding hydrogens is 162 g/mol. The second kappa shape index (κ2) is 5.61. The van der Waals surface area contributed by atoms with Crippen LogP contribution in [0, 0.1) is 11.3 Å². The fraction of sp³-hybridized carbons (Fsp3) is 1.00. The van der Waals surface area contributed by atoms with Gasteiger partial charge in [-0.2, -0.15) is 0 Å². The van der Waals surface area contributed by atoms with E-state index < -0.39 is 0 Å². The van der Waals surface area contributed by atoms with Gasteiger partial charge < -0.3 is 10.5 Å². The molecule has 13 heavy (non-hydrogen) atoms. The Morgan fingerprint density at radius 2 is 1.77 bits per heavy atom. The van der Waals surface area contributed by atoms with Crippen molar-refractivity contribution in [2.75, 3.05) is 13.7 Å². The molecule has 0 aliphatic heterocycles. The van der Waals surface area contributed by atoms with Gasteiger partial charge in [0.2, 0.25) is 0 Å². The molecule has 0 bridgehead atoms. The van der Waals surface area contributed by atoms with Crippen molar-refractivity contribution in [2.45, 2.75) is 46.6 Å². The summed E-state index contributed by atoms with van der Waals surface area (Å²) in [4.78, 5) is 0. The molecule has 2 N–H and O–H groups in total. The average Bonchev–Trinajstić information content (AvgIpc) is 1.99. The van der Waals surface area contributed by atoms with Crippen LogP contribution < -0.4 is 5.73 Å². The number of hydrogen-bond donors (Lipinski definition) is 1. The summed E-state index contributed by atoms with van der Waals surface area (Å²) in [6.07, 6.45) is 2.25. The van der Waals surface area contributed by atoms with Gasteiger partial charge in [0.25, 0.3) is 0 Å². The summed E-state index contributed by atoms with van der Waals surface area (Å²) in [7, 11) is 1.75. The quantitative estimate of drug-likeness (QED) is 0.717. The average molecular weight is 187 g/mol. The highest BCUT2D eigenvalue weighted by Gasteiger charge is 2.20.